The van der Waals surface area contributed by atoms with Crippen molar-refractivity contribution in [3.63, 3.8) is 0 Å². The first-order chi connectivity index (χ1) is 8.22. The second kappa shape index (κ2) is 7.25. The molecule has 1 rings (SSSR count). The Morgan fingerprint density at radius 2 is 2.24 bits per heavy atom. The summed E-state index contributed by atoms with van der Waals surface area (Å²) in [5.74, 6) is 1.06. The molecule has 0 atom stereocenters. The van der Waals surface area contributed by atoms with Gasteiger partial charge in [0.25, 0.3) is 0 Å². The highest BCUT2D eigenvalue weighted by Crippen LogP contribution is 2.17. The maximum Gasteiger partial charge on any atom is 0.131 e. The summed E-state index contributed by atoms with van der Waals surface area (Å²) in [5.41, 5.74) is 2.44. The number of hydrogen-bond donors (Lipinski definition) is 1. The predicted molar refractivity (Wildman–Crippen MR) is 71.5 cm³/mol. The van der Waals surface area contributed by atoms with Crippen LogP contribution >= 0.6 is 0 Å². The Balaban J connectivity index is 2.81. The number of nitrogens with zero attached hydrogens (tertiary/aromatic N) is 2. The smallest absolute Gasteiger partial charge is 0.131 e. The van der Waals surface area contributed by atoms with E-state index in [1.165, 1.54) is 11.1 Å². The van der Waals surface area contributed by atoms with Crippen molar-refractivity contribution < 1.29 is 4.74 Å². The van der Waals surface area contributed by atoms with Gasteiger partial charge < -0.3 is 15.0 Å². The molecule has 0 aromatic carbocycles. The molecule has 0 saturated heterocycles. The maximum absolute atomic E-state index is 5.12. The van der Waals surface area contributed by atoms with Crippen LogP contribution < -0.4 is 10.2 Å². The summed E-state index contributed by atoms with van der Waals surface area (Å²) in [5, 5.41) is 3.13. The fraction of sp³-hybridized carbons (Fsp3) is 0.615. The summed E-state index contributed by atoms with van der Waals surface area (Å²) < 4.78 is 5.12. The van der Waals surface area contributed by atoms with E-state index in [0.717, 1.165) is 32.1 Å². The zero-order chi connectivity index (χ0) is 12.7. The van der Waals surface area contributed by atoms with Crippen molar-refractivity contribution in [1.82, 2.24) is 10.3 Å². The third kappa shape index (κ3) is 3.98. The van der Waals surface area contributed by atoms with Crippen molar-refractivity contribution >= 4 is 5.82 Å². The fourth-order valence-electron chi connectivity index (χ4n) is 1.87. The van der Waals surface area contributed by atoms with E-state index < -0.39 is 0 Å². The van der Waals surface area contributed by atoms with E-state index in [9.17, 15) is 0 Å². The molecule has 0 aliphatic carbocycles. The number of methoxy groups -OCH3 is 1. The first kappa shape index (κ1) is 13.9. The Bertz CT molecular complexity index is 341. The lowest BCUT2D eigenvalue weighted by Crippen LogP contribution is -2.28. The second-order valence-corrected chi connectivity index (χ2v) is 4.09. The van der Waals surface area contributed by atoms with E-state index in [4.69, 9.17) is 4.74 Å². The number of nitrogens with one attached hydrogen (secondary N) is 1. The number of rotatable bonds is 7. The third-order valence-corrected chi connectivity index (χ3v) is 2.73. The molecule has 96 valence electrons. The third-order valence-electron chi connectivity index (χ3n) is 2.73. The predicted octanol–water partition coefficient (Wildman–Crippen LogP) is 1.58. The number of ether oxygens (including phenoxy) is 1. The number of hydrogen-bond acceptors (Lipinski definition) is 4. The molecule has 0 spiro atoms. The van der Waals surface area contributed by atoms with Crippen molar-refractivity contribution in [2.75, 3.05) is 38.8 Å². The minimum absolute atomic E-state index is 0.729. The molecule has 4 nitrogen and oxygen atoms in total. The molecule has 17 heavy (non-hydrogen) atoms. The Morgan fingerprint density at radius 1 is 1.47 bits per heavy atom. The number of aryl methyl sites for hydroxylation is 1. The van der Waals surface area contributed by atoms with Gasteiger partial charge >= 0.3 is 0 Å². The molecule has 0 amide bonds. The van der Waals surface area contributed by atoms with Crippen molar-refractivity contribution in [2.45, 2.75) is 20.4 Å². The summed E-state index contributed by atoms with van der Waals surface area (Å²) in [6.07, 6.45) is 1.94. The van der Waals surface area contributed by atoms with Crippen molar-refractivity contribution in [1.29, 1.82) is 0 Å². The Morgan fingerprint density at radius 3 is 2.76 bits per heavy atom. The first-order valence-corrected chi connectivity index (χ1v) is 6.07. The molecule has 1 N–H and O–H groups in total. The summed E-state index contributed by atoms with van der Waals surface area (Å²) in [6, 6.07) is 2.19. The fourth-order valence-corrected chi connectivity index (χ4v) is 1.87. The van der Waals surface area contributed by atoms with Crippen LogP contribution in [0.25, 0.3) is 0 Å². The van der Waals surface area contributed by atoms with E-state index in [-0.39, 0.29) is 0 Å². The molecule has 0 unspecified atom stereocenters. The quantitative estimate of drug-likeness (QED) is 0.781. The Labute approximate surface area is 104 Å². The minimum Gasteiger partial charge on any atom is -0.383 e. The van der Waals surface area contributed by atoms with Gasteiger partial charge in [0.2, 0.25) is 0 Å². The summed E-state index contributed by atoms with van der Waals surface area (Å²) in [6.45, 7) is 7.66. The second-order valence-electron chi connectivity index (χ2n) is 4.09. The molecule has 4 heteroatoms. The maximum atomic E-state index is 5.12. The van der Waals surface area contributed by atoms with Crippen molar-refractivity contribution in [3.05, 3.63) is 23.4 Å². The van der Waals surface area contributed by atoms with Crippen LogP contribution in [0.15, 0.2) is 12.3 Å². The monoisotopic (exact) mass is 237 g/mol. The molecule has 1 aromatic heterocycles. The van der Waals surface area contributed by atoms with E-state index in [0.29, 0.717) is 0 Å². The number of anilines is 1. The summed E-state index contributed by atoms with van der Waals surface area (Å²) >= 11 is 0. The number of likely N-dealkylation sites (N-methyl/N-ethyl adjacent to an activating group) is 1. The van der Waals surface area contributed by atoms with Crippen LogP contribution in [-0.4, -0.2) is 38.8 Å². The van der Waals surface area contributed by atoms with Gasteiger partial charge in [-0.15, -0.1) is 0 Å². The topological polar surface area (TPSA) is 37.4 Å². The molecule has 0 fully saturated rings. The molecular weight excluding hydrogens is 214 g/mol. The van der Waals surface area contributed by atoms with Gasteiger partial charge in [-0.05, 0) is 38.1 Å². The number of pyridine rings is 1. The molecule has 1 aromatic rings. The van der Waals surface area contributed by atoms with Crippen LogP contribution in [0.5, 0.6) is 0 Å². The average Bonchev–Trinajstić information content (AvgIpc) is 2.32. The standard InChI is InChI=1S/C13H23N3O/c1-5-16(6-7-17-4)13-11(2)8-12(9-14-3)10-15-13/h8,10,14H,5-7,9H2,1-4H3. The lowest BCUT2D eigenvalue weighted by atomic mass is 10.2. The van der Waals surface area contributed by atoms with E-state index in [2.05, 4.69) is 35.1 Å². The van der Waals surface area contributed by atoms with E-state index >= 15 is 0 Å². The molecule has 0 saturated carbocycles. The molecule has 0 aliphatic rings. The van der Waals surface area contributed by atoms with Crippen molar-refractivity contribution in [2.24, 2.45) is 0 Å². The van der Waals surface area contributed by atoms with Crippen molar-refractivity contribution in [3.8, 4) is 0 Å². The van der Waals surface area contributed by atoms with Crippen LogP contribution in [0.3, 0.4) is 0 Å². The van der Waals surface area contributed by atoms with Crippen LogP contribution in [0.2, 0.25) is 0 Å². The van der Waals surface area contributed by atoms with Gasteiger partial charge in [-0.3, -0.25) is 0 Å². The number of aromatic nitrogens is 1. The van der Waals surface area contributed by atoms with Gasteiger partial charge in [0, 0.05) is 32.9 Å². The highest BCUT2D eigenvalue weighted by atomic mass is 16.5. The molecule has 0 radical (unpaired) electrons. The van der Waals surface area contributed by atoms with Gasteiger partial charge in [-0.25, -0.2) is 4.98 Å². The largest absolute Gasteiger partial charge is 0.383 e. The van der Waals surface area contributed by atoms with Gasteiger partial charge in [-0.2, -0.15) is 0 Å². The van der Waals surface area contributed by atoms with E-state index in [1.54, 1.807) is 7.11 Å². The molecule has 0 aliphatic heterocycles. The zero-order valence-corrected chi connectivity index (χ0v) is 11.3. The summed E-state index contributed by atoms with van der Waals surface area (Å²) in [7, 11) is 3.67. The lowest BCUT2D eigenvalue weighted by Gasteiger charge is -2.23. The van der Waals surface area contributed by atoms with E-state index in [1.807, 2.05) is 13.2 Å². The van der Waals surface area contributed by atoms with Crippen LogP contribution in [0, 0.1) is 6.92 Å². The van der Waals surface area contributed by atoms with Crippen LogP contribution in [-0.2, 0) is 11.3 Å². The normalized spacial score (nSPS) is 10.6. The molecule has 0 bridgehead atoms. The average molecular weight is 237 g/mol. The SMILES string of the molecule is CCN(CCOC)c1ncc(CNC)cc1C. The Kier molecular flexibility index (Phi) is 5.94. The Hall–Kier alpha value is -1.13. The van der Waals surface area contributed by atoms with Crippen LogP contribution in [0.4, 0.5) is 5.82 Å². The van der Waals surface area contributed by atoms with Crippen LogP contribution in [0.1, 0.15) is 18.1 Å². The first-order valence-electron chi connectivity index (χ1n) is 6.07. The molecular formula is C13H23N3O. The highest BCUT2D eigenvalue weighted by Gasteiger charge is 2.09. The highest BCUT2D eigenvalue weighted by molar-refractivity contribution is 5.47. The van der Waals surface area contributed by atoms with Gasteiger partial charge in [-0.1, -0.05) is 0 Å². The van der Waals surface area contributed by atoms with Gasteiger partial charge in [0.1, 0.15) is 5.82 Å². The minimum atomic E-state index is 0.729. The summed E-state index contributed by atoms with van der Waals surface area (Å²) in [4.78, 5) is 6.79. The lowest BCUT2D eigenvalue weighted by molar-refractivity contribution is 0.205. The molecule has 1 heterocycles. The zero-order valence-electron chi connectivity index (χ0n) is 11.3. The van der Waals surface area contributed by atoms with Gasteiger partial charge in [0.15, 0.2) is 0 Å². The van der Waals surface area contributed by atoms with Gasteiger partial charge in [0.05, 0.1) is 6.61 Å².